The van der Waals surface area contributed by atoms with Gasteiger partial charge in [0.05, 0.1) is 16.2 Å². The van der Waals surface area contributed by atoms with Crippen LogP contribution in [0.4, 0.5) is 17.1 Å². The van der Waals surface area contributed by atoms with Gasteiger partial charge in [-0.25, -0.2) is 9.42 Å². The summed E-state index contributed by atoms with van der Waals surface area (Å²) in [5.41, 5.74) is 3.73. The van der Waals surface area contributed by atoms with Gasteiger partial charge in [0.15, 0.2) is 5.52 Å². The van der Waals surface area contributed by atoms with Crippen molar-refractivity contribution in [1.82, 2.24) is 10.3 Å². The number of carboxylic acids is 1. The van der Waals surface area contributed by atoms with Gasteiger partial charge in [-0.15, -0.1) is 0 Å². The normalized spacial score (nSPS) is 10.8. The molecule has 0 bridgehead atoms. The average Bonchev–Trinajstić information content (AvgIpc) is 3.18. The Morgan fingerprint density at radius 1 is 1.07 bits per heavy atom. The molecular formula is C20H14N4O5. The number of anilines is 2. The van der Waals surface area contributed by atoms with Crippen LogP contribution in [0.3, 0.4) is 0 Å². The van der Waals surface area contributed by atoms with Crippen LogP contribution in [0.15, 0.2) is 59.2 Å². The maximum atomic E-state index is 11.4. The summed E-state index contributed by atoms with van der Waals surface area (Å²) < 4.78 is 4.69. The third-order valence-electron chi connectivity index (χ3n) is 4.46. The van der Waals surface area contributed by atoms with Crippen LogP contribution in [0.5, 0.6) is 0 Å². The number of carbonyl (C=O) groups is 1. The number of benzene rings is 3. The number of aryl methyl sites for hydroxylation is 1. The number of nitrogens with one attached hydrogen (secondary N) is 1. The monoisotopic (exact) mass is 390 g/mol. The molecular weight excluding hydrogens is 376 g/mol. The second kappa shape index (κ2) is 7.04. The summed E-state index contributed by atoms with van der Waals surface area (Å²) in [6.07, 6.45) is 0. The summed E-state index contributed by atoms with van der Waals surface area (Å²) in [6, 6.07) is 15.2. The fourth-order valence-corrected chi connectivity index (χ4v) is 3.08. The number of hydrogen-bond acceptors (Lipinski definition) is 7. The van der Waals surface area contributed by atoms with Gasteiger partial charge in [0.1, 0.15) is 0 Å². The van der Waals surface area contributed by atoms with Crippen LogP contribution in [0.25, 0.3) is 22.2 Å². The fraction of sp³-hybridized carbons (Fsp3) is 0.0500. The van der Waals surface area contributed by atoms with Crippen LogP contribution in [-0.2, 0) is 0 Å². The molecule has 1 aromatic heterocycles. The van der Waals surface area contributed by atoms with E-state index in [4.69, 9.17) is 4.63 Å². The van der Waals surface area contributed by atoms with Gasteiger partial charge in [-0.05, 0) is 47.1 Å². The lowest BCUT2D eigenvalue weighted by atomic mass is 9.99. The van der Waals surface area contributed by atoms with Crippen LogP contribution in [0.2, 0.25) is 0 Å². The summed E-state index contributed by atoms with van der Waals surface area (Å²) in [5.74, 6) is -1.04. The van der Waals surface area contributed by atoms with Gasteiger partial charge in [0, 0.05) is 17.3 Å². The van der Waals surface area contributed by atoms with E-state index in [2.05, 4.69) is 15.6 Å². The molecule has 9 nitrogen and oxygen atoms in total. The largest absolute Gasteiger partial charge is 0.478 e. The minimum Gasteiger partial charge on any atom is -0.478 e. The van der Waals surface area contributed by atoms with Crippen molar-refractivity contribution in [2.45, 2.75) is 6.92 Å². The van der Waals surface area contributed by atoms with Crippen molar-refractivity contribution in [1.29, 1.82) is 0 Å². The summed E-state index contributed by atoms with van der Waals surface area (Å²) in [7, 11) is 0. The maximum absolute atomic E-state index is 11.4. The molecule has 0 unspecified atom stereocenters. The van der Waals surface area contributed by atoms with Gasteiger partial charge >= 0.3 is 11.7 Å². The molecule has 29 heavy (non-hydrogen) atoms. The molecule has 0 spiro atoms. The SMILES string of the molecule is Cc1cccc(-c2cc(C(=O)O)ccc2Nc2ccc([N+](=O)[O-])c3nonc23)c1. The lowest BCUT2D eigenvalue weighted by Crippen LogP contribution is -2.00. The zero-order chi connectivity index (χ0) is 20.5. The molecule has 0 atom stereocenters. The second-order valence-corrected chi connectivity index (χ2v) is 6.41. The zero-order valence-electron chi connectivity index (χ0n) is 15.1. The van der Waals surface area contributed by atoms with Crippen LogP contribution in [0.1, 0.15) is 15.9 Å². The Kier molecular flexibility index (Phi) is 4.40. The molecule has 0 aliphatic heterocycles. The number of nitrogens with zero attached hydrogens (tertiary/aromatic N) is 3. The molecule has 2 N–H and O–H groups in total. The molecule has 0 saturated heterocycles. The van der Waals surface area contributed by atoms with Crippen molar-refractivity contribution in [3.8, 4) is 11.1 Å². The Morgan fingerprint density at radius 2 is 1.83 bits per heavy atom. The molecule has 0 fully saturated rings. The maximum Gasteiger partial charge on any atom is 0.335 e. The number of aromatic carboxylic acids is 1. The summed E-state index contributed by atoms with van der Waals surface area (Å²) in [5, 5.41) is 31.1. The van der Waals surface area contributed by atoms with Crippen molar-refractivity contribution in [2.24, 2.45) is 0 Å². The Morgan fingerprint density at radius 3 is 2.55 bits per heavy atom. The van der Waals surface area contributed by atoms with Crippen molar-refractivity contribution in [2.75, 3.05) is 5.32 Å². The lowest BCUT2D eigenvalue weighted by Gasteiger charge is -2.14. The predicted molar refractivity (Wildman–Crippen MR) is 105 cm³/mol. The summed E-state index contributed by atoms with van der Waals surface area (Å²) in [4.78, 5) is 22.1. The Labute approximate surface area is 163 Å². The first-order valence-electron chi connectivity index (χ1n) is 8.55. The third-order valence-corrected chi connectivity index (χ3v) is 4.46. The van der Waals surface area contributed by atoms with Gasteiger partial charge in [-0.3, -0.25) is 10.1 Å². The quantitative estimate of drug-likeness (QED) is 0.375. The van der Waals surface area contributed by atoms with Crippen molar-refractivity contribution >= 4 is 34.1 Å². The number of aromatic nitrogens is 2. The second-order valence-electron chi connectivity index (χ2n) is 6.41. The number of fused-ring (bicyclic) bond motifs is 1. The Hall–Kier alpha value is -4.27. The highest BCUT2D eigenvalue weighted by atomic mass is 16.6. The molecule has 3 aromatic carbocycles. The van der Waals surface area contributed by atoms with E-state index in [9.17, 15) is 20.0 Å². The van der Waals surface area contributed by atoms with E-state index in [0.717, 1.165) is 11.1 Å². The van der Waals surface area contributed by atoms with Crippen molar-refractivity contribution in [3.05, 3.63) is 75.8 Å². The van der Waals surface area contributed by atoms with Crippen molar-refractivity contribution < 1.29 is 19.5 Å². The van der Waals surface area contributed by atoms with Crippen molar-refractivity contribution in [3.63, 3.8) is 0 Å². The Balaban J connectivity index is 1.85. The smallest absolute Gasteiger partial charge is 0.335 e. The van der Waals surface area contributed by atoms with E-state index in [1.165, 1.54) is 18.2 Å². The number of nitro benzene ring substituents is 1. The van der Waals surface area contributed by atoms with E-state index in [1.807, 2.05) is 31.2 Å². The molecule has 0 amide bonds. The van der Waals surface area contributed by atoms with Crippen LogP contribution < -0.4 is 5.32 Å². The summed E-state index contributed by atoms with van der Waals surface area (Å²) >= 11 is 0. The standard InChI is InChI=1S/C20H14N4O5/c1-11-3-2-4-12(9-11)14-10-13(20(25)26)5-6-15(14)21-16-7-8-17(24(27)28)19-18(16)22-29-23-19/h2-10,21H,1H3,(H,25,26). The first-order valence-corrected chi connectivity index (χ1v) is 8.55. The zero-order valence-corrected chi connectivity index (χ0v) is 15.1. The van der Waals surface area contributed by atoms with Gasteiger partial charge < -0.3 is 10.4 Å². The molecule has 0 saturated carbocycles. The Bertz CT molecular complexity index is 1260. The van der Waals surface area contributed by atoms with E-state index in [-0.39, 0.29) is 22.3 Å². The highest BCUT2D eigenvalue weighted by molar-refractivity contribution is 5.97. The van der Waals surface area contributed by atoms with E-state index in [0.29, 0.717) is 16.9 Å². The number of non-ortho nitro benzene ring substituents is 1. The first kappa shape index (κ1) is 18.1. The van der Waals surface area contributed by atoms with E-state index >= 15 is 0 Å². The third kappa shape index (κ3) is 3.36. The van der Waals surface area contributed by atoms with Gasteiger partial charge in [0.25, 0.3) is 0 Å². The van der Waals surface area contributed by atoms with Gasteiger partial charge in [-0.1, -0.05) is 29.8 Å². The molecule has 0 aliphatic carbocycles. The molecule has 1 heterocycles. The number of carboxylic acid groups (broad SMARTS) is 1. The molecule has 9 heteroatoms. The van der Waals surface area contributed by atoms with E-state index in [1.54, 1.807) is 12.1 Å². The average molecular weight is 390 g/mol. The number of nitro groups is 1. The molecule has 4 rings (SSSR count). The molecule has 144 valence electrons. The number of hydrogen-bond donors (Lipinski definition) is 2. The topological polar surface area (TPSA) is 131 Å². The number of rotatable bonds is 5. The minimum atomic E-state index is -1.04. The summed E-state index contributed by atoms with van der Waals surface area (Å²) in [6.45, 7) is 1.94. The van der Waals surface area contributed by atoms with Crippen LogP contribution in [-0.4, -0.2) is 26.3 Å². The van der Waals surface area contributed by atoms with Crippen LogP contribution in [0, 0.1) is 17.0 Å². The van der Waals surface area contributed by atoms with E-state index < -0.39 is 10.9 Å². The highest BCUT2D eigenvalue weighted by Gasteiger charge is 2.20. The fourth-order valence-electron chi connectivity index (χ4n) is 3.08. The molecule has 0 radical (unpaired) electrons. The van der Waals surface area contributed by atoms with Crippen LogP contribution >= 0.6 is 0 Å². The first-order chi connectivity index (χ1) is 13.9. The van der Waals surface area contributed by atoms with Gasteiger partial charge in [-0.2, -0.15) is 0 Å². The molecule has 4 aromatic rings. The molecule has 0 aliphatic rings. The minimum absolute atomic E-state index is 0.0271. The van der Waals surface area contributed by atoms with Gasteiger partial charge in [0.2, 0.25) is 5.52 Å². The predicted octanol–water partition coefficient (Wildman–Crippen LogP) is 4.55. The lowest BCUT2D eigenvalue weighted by molar-refractivity contribution is -0.383. The highest BCUT2D eigenvalue weighted by Crippen LogP contribution is 2.35.